The fraction of sp³-hybridized carbons (Fsp3) is 0.948. The Balaban J connectivity index is 4.27. The first-order valence-electron chi connectivity index (χ1n) is 28.8. The molecule has 0 aromatic carbocycles. The number of hydrogen-bond donors (Lipinski definition) is 0. The van der Waals surface area contributed by atoms with Gasteiger partial charge in [0.2, 0.25) is 0 Å². The summed E-state index contributed by atoms with van der Waals surface area (Å²) in [6.07, 6.45) is 53.7. The zero-order valence-corrected chi connectivity index (χ0v) is 43.9. The highest BCUT2D eigenvalue weighted by Gasteiger charge is 2.19. The van der Waals surface area contributed by atoms with E-state index < -0.39 is 6.10 Å². The van der Waals surface area contributed by atoms with Crippen LogP contribution in [0.1, 0.15) is 324 Å². The quantitative estimate of drug-likeness (QED) is 0.0344. The molecule has 6 nitrogen and oxygen atoms in total. The largest absolute Gasteiger partial charge is 0.462 e. The molecule has 0 heterocycles. The van der Waals surface area contributed by atoms with E-state index in [9.17, 15) is 14.4 Å². The summed E-state index contributed by atoms with van der Waals surface area (Å²) in [5.41, 5.74) is 0. The van der Waals surface area contributed by atoms with Crippen molar-refractivity contribution in [3.63, 3.8) is 0 Å². The molecule has 380 valence electrons. The lowest BCUT2D eigenvalue weighted by Crippen LogP contribution is -2.30. The summed E-state index contributed by atoms with van der Waals surface area (Å²) in [4.78, 5) is 38.1. The van der Waals surface area contributed by atoms with Gasteiger partial charge in [0.25, 0.3) is 0 Å². The minimum Gasteiger partial charge on any atom is -0.462 e. The van der Waals surface area contributed by atoms with Crippen molar-refractivity contribution in [2.24, 2.45) is 11.8 Å². The molecule has 0 saturated carbocycles. The maximum atomic E-state index is 12.8. The Morgan fingerprint density at radius 3 is 0.891 bits per heavy atom. The van der Waals surface area contributed by atoms with Crippen LogP contribution >= 0.6 is 0 Å². The molecule has 0 N–H and O–H groups in total. The third-order valence-corrected chi connectivity index (χ3v) is 13.6. The highest BCUT2D eigenvalue weighted by molar-refractivity contribution is 5.71. The number of hydrogen-bond acceptors (Lipinski definition) is 6. The van der Waals surface area contributed by atoms with E-state index in [2.05, 4.69) is 34.6 Å². The van der Waals surface area contributed by atoms with Crippen LogP contribution in [0.25, 0.3) is 0 Å². The second-order valence-corrected chi connectivity index (χ2v) is 20.6. The van der Waals surface area contributed by atoms with Crippen molar-refractivity contribution in [3.8, 4) is 0 Å². The molecule has 0 aliphatic rings. The molecule has 1 unspecified atom stereocenters. The van der Waals surface area contributed by atoms with E-state index in [0.29, 0.717) is 19.3 Å². The Bertz CT molecular complexity index is 980. The second-order valence-electron chi connectivity index (χ2n) is 20.6. The number of ether oxygens (including phenoxy) is 3. The van der Waals surface area contributed by atoms with Crippen molar-refractivity contribution in [1.82, 2.24) is 0 Å². The Morgan fingerprint density at radius 1 is 0.328 bits per heavy atom. The van der Waals surface area contributed by atoms with Crippen LogP contribution in [-0.4, -0.2) is 37.2 Å². The molecular weight excluding hydrogens is 793 g/mol. The molecule has 0 saturated heterocycles. The lowest BCUT2D eigenvalue weighted by atomic mass is 9.99. The van der Waals surface area contributed by atoms with E-state index in [1.54, 1.807) is 0 Å². The van der Waals surface area contributed by atoms with Gasteiger partial charge in [0, 0.05) is 19.3 Å². The zero-order valence-electron chi connectivity index (χ0n) is 43.9. The minimum atomic E-state index is -0.762. The molecule has 64 heavy (non-hydrogen) atoms. The van der Waals surface area contributed by atoms with Crippen LogP contribution < -0.4 is 0 Å². The number of unbranched alkanes of at least 4 members (excludes halogenated alkanes) is 36. The van der Waals surface area contributed by atoms with Crippen LogP contribution in [0.2, 0.25) is 0 Å². The fourth-order valence-electron chi connectivity index (χ4n) is 8.84. The molecule has 0 aliphatic carbocycles. The Hall–Kier alpha value is -1.59. The van der Waals surface area contributed by atoms with E-state index in [4.69, 9.17) is 14.2 Å². The lowest BCUT2D eigenvalue weighted by molar-refractivity contribution is -0.167. The Kier molecular flexibility index (Phi) is 49.6. The number of carbonyl (C=O) groups excluding carboxylic acids is 3. The van der Waals surface area contributed by atoms with Gasteiger partial charge in [0.05, 0.1) is 0 Å². The van der Waals surface area contributed by atoms with E-state index in [-0.39, 0.29) is 31.1 Å². The van der Waals surface area contributed by atoms with Gasteiger partial charge < -0.3 is 14.2 Å². The van der Waals surface area contributed by atoms with Crippen LogP contribution in [0.15, 0.2) is 0 Å². The van der Waals surface area contributed by atoms with Crippen LogP contribution in [0.5, 0.6) is 0 Å². The first-order chi connectivity index (χ1) is 31.3. The lowest BCUT2D eigenvalue weighted by Gasteiger charge is -2.18. The van der Waals surface area contributed by atoms with Crippen LogP contribution in [0.3, 0.4) is 0 Å². The standard InChI is InChI=1S/C58H112O6/c1-6-8-9-10-11-12-21-28-33-38-43-48-56(59)62-51-55(64-58(61)50-45-40-35-30-25-20-15-13-17-22-26-31-36-41-46-53(3)4)52-63-57(60)49-44-39-34-29-24-19-16-14-18-23-27-32-37-42-47-54(5)7-2/h53-55H,6-52H2,1-5H3/t54?,55-/m1/s1. The van der Waals surface area contributed by atoms with Gasteiger partial charge in [-0.15, -0.1) is 0 Å². The average Bonchev–Trinajstić information content (AvgIpc) is 3.28. The fourth-order valence-corrected chi connectivity index (χ4v) is 8.84. The highest BCUT2D eigenvalue weighted by Crippen LogP contribution is 2.18. The summed E-state index contributed by atoms with van der Waals surface area (Å²) >= 11 is 0. The molecule has 0 rings (SSSR count). The normalized spacial score (nSPS) is 12.5. The molecule has 0 amide bonds. The monoisotopic (exact) mass is 905 g/mol. The van der Waals surface area contributed by atoms with Gasteiger partial charge in [-0.05, 0) is 31.1 Å². The summed E-state index contributed by atoms with van der Waals surface area (Å²) < 4.78 is 16.9. The number of rotatable bonds is 52. The maximum Gasteiger partial charge on any atom is 0.306 e. The van der Waals surface area contributed by atoms with Crippen LogP contribution in [0.4, 0.5) is 0 Å². The number of carbonyl (C=O) groups is 3. The van der Waals surface area contributed by atoms with Crippen molar-refractivity contribution in [2.45, 2.75) is 330 Å². The number of esters is 3. The molecule has 0 spiro atoms. The molecule has 0 radical (unpaired) electrons. The van der Waals surface area contributed by atoms with Crippen LogP contribution in [0, 0.1) is 11.8 Å². The van der Waals surface area contributed by atoms with E-state index in [0.717, 1.165) is 69.6 Å². The Morgan fingerprint density at radius 2 is 0.594 bits per heavy atom. The van der Waals surface area contributed by atoms with Crippen molar-refractivity contribution in [3.05, 3.63) is 0 Å². The molecule has 6 heteroatoms. The molecule has 2 atom stereocenters. The van der Waals surface area contributed by atoms with Crippen molar-refractivity contribution in [2.75, 3.05) is 13.2 Å². The van der Waals surface area contributed by atoms with Gasteiger partial charge in [-0.1, -0.05) is 285 Å². The molecule has 0 fully saturated rings. The van der Waals surface area contributed by atoms with Gasteiger partial charge >= 0.3 is 17.9 Å². The van der Waals surface area contributed by atoms with E-state index in [1.165, 1.54) is 212 Å². The van der Waals surface area contributed by atoms with Crippen molar-refractivity contribution < 1.29 is 28.6 Å². The zero-order chi connectivity index (χ0) is 46.8. The van der Waals surface area contributed by atoms with Gasteiger partial charge in [-0.2, -0.15) is 0 Å². The van der Waals surface area contributed by atoms with Gasteiger partial charge in [0.1, 0.15) is 13.2 Å². The summed E-state index contributed by atoms with van der Waals surface area (Å²) in [5.74, 6) is 0.899. The van der Waals surface area contributed by atoms with E-state index in [1.807, 2.05) is 0 Å². The van der Waals surface area contributed by atoms with Crippen molar-refractivity contribution >= 4 is 17.9 Å². The predicted octanol–water partition coefficient (Wildman–Crippen LogP) is 18.9. The molecule has 0 aromatic heterocycles. The van der Waals surface area contributed by atoms with E-state index >= 15 is 0 Å². The Labute approximate surface area is 399 Å². The topological polar surface area (TPSA) is 78.9 Å². The smallest absolute Gasteiger partial charge is 0.306 e. The summed E-state index contributed by atoms with van der Waals surface area (Å²) in [7, 11) is 0. The van der Waals surface area contributed by atoms with Gasteiger partial charge in [0.15, 0.2) is 6.10 Å². The molecular formula is C58H112O6. The van der Waals surface area contributed by atoms with Crippen LogP contribution in [-0.2, 0) is 28.6 Å². The van der Waals surface area contributed by atoms with Gasteiger partial charge in [-0.25, -0.2) is 0 Å². The summed E-state index contributed by atoms with van der Waals surface area (Å²) in [6, 6.07) is 0. The molecule has 0 aromatic rings. The third kappa shape index (κ3) is 49.8. The first-order valence-corrected chi connectivity index (χ1v) is 28.8. The SMILES string of the molecule is CCCCCCCCCCCCCC(=O)OC[C@H](COC(=O)CCCCCCCCCCCCCCCCC(C)CC)OC(=O)CCCCCCCCCCCCCCCCC(C)C. The molecule has 0 bridgehead atoms. The van der Waals surface area contributed by atoms with Crippen molar-refractivity contribution in [1.29, 1.82) is 0 Å². The first kappa shape index (κ1) is 62.4. The summed E-state index contributed by atoms with van der Waals surface area (Å²) in [6.45, 7) is 11.4. The summed E-state index contributed by atoms with van der Waals surface area (Å²) in [5, 5.41) is 0. The minimum absolute atomic E-state index is 0.0627. The molecule has 0 aliphatic heterocycles. The maximum absolute atomic E-state index is 12.8. The second kappa shape index (κ2) is 50.8. The third-order valence-electron chi connectivity index (χ3n) is 13.6. The average molecular weight is 906 g/mol. The predicted molar refractivity (Wildman–Crippen MR) is 275 cm³/mol. The van der Waals surface area contributed by atoms with Gasteiger partial charge in [-0.3, -0.25) is 14.4 Å². The highest BCUT2D eigenvalue weighted by atomic mass is 16.6.